The molecule has 0 aliphatic carbocycles. The van der Waals surface area contributed by atoms with Crippen LogP contribution in [-0.4, -0.2) is 29.9 Å². The molecule has 0 bridgehead atoms. The van der Waals surface area contributed by atoms with E-state index in [1.54, 1.807) is 4.90 Å². The van der Waals surface area contributed by atoms with Gasteiger partial charge in [0.1, 0.15) is 5.82 Å². The lowest BCUT2D eigenvalue weighted by Crippen LogP contribution is -2.42. The van der Waals surface area contributed by atoms with Crippen molar-refractivity contribution in [2.45, 2.75) is 18.9 Å². The molecule has 1 heterocycles. The molecule has 0 saturated carbocycles. The number of halogens is 2. The van der Waals surface area contributed by atoms with E-state index in [0.717, 1.165) is 18.9 Å². The Bertz CT molecular complexity index is 431. The number of hydrogen-bond donors (Lipinski definition) is 1. The quantitative estimate of drug-likeness (QED) is 0.836. The maximum absolute atomic E-state index is 12.9. The summed E-state index contributed by atoms with van der Waals surface area (Å²) in [5, 5.41) is 0.157. The second-order valence-corrected chi connectivity index (χ2v) is 4.66. The monoisotopic (exact) mass is 256 g/mol. The third kappa shape index (κ3) is 2.76. The number of benzene rings is 1. The molecule has 1 aromatic carbocycles. The molecule has 2 rings (SSSR count). The lowest BCUT2D eigenvalue weighted by atomic mass is 10.0. The molecule has 17 heavy (non-hydrogen) atoms. The van der Waals surface area contributed by atoms with E-state index in [4.69, 9.17) is 17.3 Å². The zero-order valence-corrected chi connectivity index (χ0v) is 10.1. The number of nitrogens with two attached hydrogens (primary N) is 1. The Morgan fingerprint density at radius 2 is 2.06 bits per heavy atom. The molecule has 0 radical (unpaired) electrons. The van der Waals surface area contributed by atoms with Gasteiger partial charge in [0.05, 0.1) is 10.6 Å². The highest BCUT2D eigenvalue weighted by atomic mass is 35.5. The summed E-state index contributed by atoms with van der Waals surface area (Å²) in [6.45, 7) is 1.27. The Labute approximate surface area is 104 Å². The van der Waals surface area contributed by atoms with E-state index in [9.17, 15) is 9.18 Å². The largest absolute Gasteiger partial charge is 0.338 e. The fraction of sp³-hybridized carbons (Fsp3) is 0.417. The van der Waals surface area contributed by atoms with Gasteiger partial charge in [-0.2, -0.15) is 0 Å². The van der Waals surface area contributed by atoms with E-state index >= 15 is 0 Å². The number of carbonyl (C=O) groups is 1. The smallest absolute Gasteiger partial charge is 0.255 e. The number of hydrogen-bond acceptors (Lipinski definition) is 2. The van der Waals surface area contributed by atoms with Crippen LogP contribution in [0.3, 0.4) is 0 Å². The minimum atomic E-state index is -0.438. The van der Waals surface area contributed by atoms with Gasteiger partial charge in [0, 0.05) is 19.1 Å². The highest BCUT2D eigenvalue weighted by Crippen LogP contribution is 2.20. The van der Waals surface area contributed by atoms with E-state index in [1.807, 2.05) is 0 Å². The summed E-state index contributed by atoms with van der Waals surface area (Å²) in [7, 11) is 0. The second kappa shape index (κ2) is 5.02. The fourth-order valence-corrected chi connectivity index (χ4v) is 2.18. The van der Waals surface area contributed by atoms with Crippen LogP contribution in [-0.2, 0) is 0 Å². The van der Waals surface area contributed by atoms with Crippen LogP contribution in [0.15, 0.2) is 18.2 Å². The molecule has 1 aliphatic rings. The van der Waals surface area contributed by atoms with E-state index < -0.39 is 5.82 Å². The van der Waals surface area contributed by atoms with Crippen molar-refractivity contribution in [2.24, 2.45) is 5.73 Å². The molecular formula is C12H14ClFN2O. The van der Waals surface area contributed by atoms with Crippen molar-refractivity contribution in [3.8, 4) is 0 Å². The maximum Gasteiger partial charge on any atom is 0.255 e. The van der Waals surface area contributed by atoms with Crippen molar-refractivity contribution < 1.29 is 9.18 Å². The van der Waals surface area contributed by atoms with Crippen LogP contribution in [0, 0.1) is 5.82 Å². The first-order valence-corrected chi connectivity index (χ1v) is 5.95. The second-order valence-electron chi connectivity index (χ2n) is 4.25. The molecule has 2 N–H and O–H groups in total. The van der Waals surface area contributed by atoms with Crippen molar-refractivity contribution in [2.75, 3.05) is 13.1 Å². The number of rotatable bonds is 1. The van der Waals surface area contributed by atoms with Gasteiger partial charge in [-0.3, -0.25) is 4.79 Å². The van der Waals surface area contributed by atoms with Gasteiger partial charge >= 0.3 is 0 Å². The zero-order valence-electron chi connectivity index (χ0n) is 9.33. The lowest BCUT2D eigenvalue weighted by Gasteiger charge is -2.30. The molecular weight excluding hydrogens is 243 g/mol. The lowest BCUT2D eigenvalue weighted by molar-refractivity contribution is 0.0715. The Morgan fingerprint density at radius 3 is 2.65 bits per heavy atom. The van der Waals surface area contributed by atoms with Gasteiger partial charge in [0.15, 0.2) is 0 Å². The first-order chi connectivity index (χ1) is 8.08. The minimum Gasteiger partial charge on any atom is -0.338 e. The predicted octanol–water partition coefficient (Wildman–Crippen LogP) is 2.04. The summed E-state index contributed by atoms with van der Waals surface area (Å²) >= 11 is 5.86. The molecule has 1 saturated heterocycles. The zero-order chi connectivity index (χ0) is 12.4. The normalized spacial score (nSPS) is 17.2. The van der Waals surface area contributed by atoms with Gasteiger partial charge in [-0.1, -0.05) is 11.6 Å². The van der Waals surface area contributed by atoms with Crippen LogP contribution in [0.2, 0.25) is 5.02 Å². The Hall–Kier alpha value is -1.13. The number of amides is 1. The topological polar surface area (TPSA) is 46.3 Å². The third-order valence-corrected chi connectivity index (χ3v) is 3.30. The van der Waals surface area contributed by atoms with Crippen LogP contribution in [0.4, 0.5) is 4.39 Å². The van der Waals surface area contributed by atoms with Gasteiger partial charge in [-0.15, -0.1) is 0 Å². The first kappa shape index (κ1) is 12.3. The van der Waals surface area contributed by atoms with Gasteiger partial charge in [0.2, 0.25) is 0 Å². The maximum atomic E-state index is 12.9. The van der Waals surface area contributed by atoms with Crippen LogP contribution < -0.4 is 5.73 Å². The van der Waals surface area contributed by atoms with Gasteiger partial charge < -0.3 is 10.6 Å². The summed E-state index contributed by atoms with van der Waals surface area (Å²) in [6, 6.07) is 4.00. The van der Waals surface area contributed by atoms with Crippen LogP contribution in [0.25, 0.3) is 0 Å². The van der Waals surface area contributed by atoms with E-state index in [0.29, 0.717) is 18.7 Å². The molecule has 0 unspecified atom stereocenters. The van der Waals surface area contributed by atoms with E-state index in [2.05, 4.69) is 0 Å². The van der Waals surface area contributed by atoms with E-state index in [-0.39, 0.29) is 17.0 Å². The summed E-state index contributed by atoms with van der Waals surface area (Å²) in [5.41, 5.74) is 6.12. The van der Waals surface area contributed by atoms with Crippen molar-refractivity contribution in [1.29, 1.82) is 0 Å². The molecule has 1 aliphatic heterocycles. The van der Waals surface area contributed by atoms with Gasteiger partial charge in [-0.05, 0) is 31.0 Å². The molecule has 0 aromatic heterocycles. The first-order valence-electron chi connectivity index (χ1n) is 5.58. The number of piperidine rings is 1. The van der Waals surface area contributed by atoms with Crippen molar-refractivity contribution in [3.05, 3.63) is 34.6 Å². The summed E-state index contributed by atoms with van der Waals surface area (Å²) in [5.74, 6) is -0.589. The molecule has 0 spiro atoms. The number of carbonyl (C=O) groups excluding carboxylic acids is 1. The van der Waals surface area contributed by atoms with Crippen molar-refractivity contribution >= 4 is 17.5 Å². The van der Waals surface area contributed by atoms with Crippen molar-refractivity contribution in [3.63, 3.8) is 0 Å². The number of likely N-dealkylation sites (tertiary alicyclic amines) is 1. The third-order valence-electron chi connectivity index (χ3n) is 2.99. The average Bonchev–Trinajstić information content (AvgIpc) is 2.29. The van der Waals surface area contributed by atoms with Crippen molar-refractivity contribution in [1.82, 2.24) is 4.90 Å². The van der Waals surface area contributed by atoms with E-state index in [1.165, 1.54) is 12.1 Å². The molecule has 1 fully saturated rings. The SMILES string of the molecule is NC1CCN(C(=O)c2ccc(F)cc2Cl)CC1. The number of nitrogens with zero attached hydrogens (tertiary/aromatic N) is 1. The van der Waals surface area contributed by atoms with Gasteiger partial charge in [0.25, 0.3) is 5.91 Å². The molecule has 3 nitrogen and oxygen atoms in total. The molecule has 5 heteroatoms. The fourth-order valence-electron chi connectivity index (χ4n) is 1.94. The summed E-state index contributed by atoms with van der Waals surface area (Å²) in [6.07, 6.45) is 1.59. The minimum absolute atomic E-state index is 0.151. The molecule has 0 atom stereocenters. The van der Waals surface area contributed by atoms with Crippen LogP contribution >= 0.6 is 11.6 Å². The van der Waals surface area contributed by atoms with Gasteiger partial charge in [-0.25, -0.2) is 4.39 Å². The summed E-state index contributed by atoms with van der Waals surface area (Å²) < 4.78 is 12.9. The van der Waals surface area contributed by atoms with Crippen LogP contribution in [0.1, 0.15) is 23.2 Å². The van der Waals surface area contributed by atoms with Crippen LogP contribution in [0.5, 0.6) is 0 Å². The predicted molar refractivity (Wildman–Crippen MR) is 64.5 cm³/mol. The molecule has 1 amide bonds. The summed E-state index contributed by atoms with van der Waals surface area (Å²) in [4.78, 5) is 13.8. The Morgan fingerprint density at radius 1 is 1.41 bits per heavy atom. The molecule has 1 aromatic rings. The highest BCUT2D eigenvalue weighted by molar-refractivity contribution is 6.33. The standard InChI is InChI=1S/C12H14ClFN2O/c13-11-7-8(14)1-2-10(11)12(17)16-5-3-9(15)4-6-16/h1-2,7,9H,3-6,15H2. The Balaban J connectivity index is 2.14. The average molecular weight is 257 g/mol. The highest BCUT2D eigenvalue weighted by Gasteiger charge is 2.23. The molecule has 92 valence electrons. The Kier molecular flexibility index (Phi) is 3.64.